The van der Waals surface area contributed by atoms with Crippen molar-refractivity contribution >= 4 is 10.0 Å². The van der Waals surface area contributed by atoms with Crippen LogP contribution in [0.3, 0.4) is 0 Å². The summed E-state index contributed by atoms with van der Waals surface area (Å²) in [6.45, 7) is 4.53. The lowest BCUT2D eigenvalue weighted by molar-refractivity contribution is 0.163. The summed E-state index contributed by atoms with van der Waals surface area (Å²) < 4.78 is 38.4. The molecular formula is C22H23N5O4S. The molecule has 0 unspecified atom stereocenters. The molecule has 0 bridgehead atoms. The van der Waals surface area contributed by atoms with Gasteiger partial charge < -0.3 is 9.26 Å². The molecule has 0 spiro atoms. The van der Waals surface area contributed by atoms with E-state index in [0.717, 1.165) is 5.56 Å². The summed E-state index contributed by atoms with van der Waals surface area (Å²) in [5.74, 6) is 1.61. The normalized spacial score (nSPS) is 15.4. The molecule has 10 heteroatoms. The van der Waals surface area contributed by atoms with Crippen LogP contribution in [0.25, 0.3) is 11.4 Å². The van der Waals surface area contributed by atoms with E-state index in [-0.39, 0.29) is 10.5 Å². The summed E-state index contributed by atoms with van der Waals surface area (Å²) in [5, 5.41) is 13.3. The molecule has 32 heavy (non-hydrogen) atoms. The van der Waals surface area contributed by atoms with Gasteiger partial charge in [0.2, 0.25) is 21.7 Å². The minimum atomic E-state index is -3.72. The van der Waals surface area contributed by atoms with Crippen molar-refractivity contribution in [3.63, 3.8) is 0 Å². The van der Waals surface area contributed by atoms with Gasteiger partial charge in [0.25, 0.3) is 0 Å². The predicted octanol–water partition coefficient (Wildman–Crippen LogP) is 2.51. The summed E-state index contributed by atoms with van der Waals surface area (Å²) in [7, 11) is -3.72. The van der Waals surface area contributed by atoms with Gasteiger partial charge in [0.15, 0.2) is 0 Å². The molecule has 0 saturated carbocycles. The van der Waals surface area contributed by atoms with Crippen molar-refractivity contribution in [3.8, 4) is 23.2 Å². The van der Waals surface area contributed by atoms with E-state index in [1.165, 1.54) is 16.4 Å². The van der Waals surface area contributed by atoms with Crippen LogP contribution in [-0.2, 0) is 16.6 Å². The lowest BCUT2D eigenvalue weighted by Gasteiger charge is -2.33. The Balaban J connectivity index is 1.41. The number of sulfonamides is 1. The first kappa shape index (κ1) is 22.0. The zero-order valence-corrected chi connectivity index (χ0v) is 18.5. The van der Waals surface area contributed by atoms with E-state index in [4.69, 9.17) is 9.26 Å². The Kier molecular flexibility index (Phi) is 6.50. The first-order chi connectivity index (χ1) is 15.5. The van der Waals surface area contributed by atoms with E-state index >= 15 is 0 Å². The first-order valence-corrected chi connectivity index (χ1v) is 11.7. The SMILES string of the molecule is CCOc1ccccc1-c1noc(CN2CCN(S(=O)(=O)c3ccccc3C#N)CC2)n1. The Bertz CT molecular complexity index is 1230. The molecule has 4 rings (SSSR count). The van der Waals surface area contributed by atoms with Gasteiger partial charge in [-0.05, 0) is 31.2 Å². The molecule has 0 amide bonds. The predicted molar refractivity (Wildman–Crippen MR) is 116 cm³/mol. The van der Waals surface area contributed by atoms with Crippen LogP contribution in [0, 0.1) is 11.3 Å². The molecule has 1 aliphatic heterocycles. The highest BCUT2D eigenvalue weighted by Gasteiger charge is 2.30. The number of aromatic nitrogens is 2. The third-order valence-electron chi connectivity index (χ3n) is 5.21. The van der Waals surface area contributed by atoms with Gasteiger partial charge in [-0.2, -0.15) is 14.6 Å². The number of nitrogens with zero attached hydrogens (tertiary/aromatic N) is 5. The number of rotatable bonds is 7. The third-order valence-corrected chi connectivity index (χ3v) is 7.17. The van der Waals surface area contributed by atoms with Gasteiger partial charge in [0.1, 0.15) is 11.8 Å². The molecule has 9 nitrogen and oxygen atoms in total. The van der Waals surface area contributed by atoms with Crippen LogP contribution < -0.4 is 4.74 Å². The number of piperazine rings is 1. The largest absolute Gasteiger partial charge is 0.493 e. The van der Waals surface area contributed by atoms with Crippen molar-refractivity contribution in [2.45, 2.75) is 18.4 Å². The fourth-order valence-electron chi connectivity index (χ4n) is 3.60. The summed E-state index contributed by atoms with van der Waals surface area (Å²) in [6, 6.07) is 15.7. The van der Waals surface area contributed by atoms with Crippen molar-refractivity contribution in [2.24, 2.45) is 0 Å². The lowest BCUT2D eigenvalue weighted by atomic mass is 10.2. The van der Waals surface area contributed by atoms with Crippen LogP contribution in [-0.4, -0.2) is 60.5 Å². The van der Waals surface area contributed by atoms with Crippen molar-refractivity contribution in [1.82, 2.24) is 19.3 Å². The second kappa shape index (κ2) is 9.48. The molecule has 0 atom stereocenters. The number of hydrogen-bond acceptors (Lipinski definition) is 8. The maximum Gasteiger partial charge on any atom is 0.244 e. The zero-order chi connectivity index (χ0) is 22.6. The van der Waals surface area contributed by atoms with Crippen LogP contribution in [0.2, 0.25) is 0 Å². The van der Waals surface area contributed by atoms with Crippen LogP contribution >= 0.6 is 0 Å². The average molecular weight is 454 g/mol. The second-order valence-corrected chi connectivity index (χ2v) is 9.14. The Morgan fingerprint density at radius 1 is 1.09 bits per heavy atom. The maximum atomic E-state index is 13.0. The molecule has 2 aromatic carbocycles. The lowest BCUT2D eigenvalue weighted by Crippen LogP contribution is -2.48. The third kappa shape index (κ3) is 4.50. The fourth-order valence-corrected chi connectivity index (χ4v) is 5.17. The highest BCUT2D eigenvalue weighted by atomic mass is 32.2. The van der Waals surface area contributed by atoms with Crippen molar-refractivity contribution in [1.29, 1.82) is 5.26 Å². The van der Waals surface area contributed by atoms with E-state index in [1.54, 1.807) is 12.1 Å². The van der Waals surface area contributed by atoms with Gasteiger partial charge in [-0.1, -0.05) is 29.4 Å². The van der Waals surface area contributed by atoms with Gasteiger partial charge in [-0.3, -0.25) is 4.90 Å². The van der Waals surface area contributed by atoms with Crippen LogP contribution in [0.1, 0.15) is 18.4 Å². The first-order valence-electron chi connectivity index (χ1n) is 10.3. The highest BCUT2D eigenvalue weighted by Crippen LogP contribution is 2.28. The standard InChI is InChI=1S/C22H23N5O4S/c1-2-30-19-9-5-4-8-18(19)22-24-21(31-25-22)16-26-11-13-27(14-12-26)32(28,29)20-10-6-3-7-17(20)15-23/h3-10H,2,11-14,16H2,1H3. The van der Waals surface area contributed by atoms with E-state index < -0.39 is 10.0 Å². The number of ether oxygens (including phenoxy) is 1. The van der Waals surface area contributed by atoms with Gasteiger partial charge in [-0.25, -0.2) is 8.42 Å². The molecular weight excluding hydrogens is 430 g/mol. The Morgan fingerprint density at radius 3 is 2.56 bits per heavy atom. The number of benzene rings is 2. The maximum absolute atomic E-state index is 13.0. The van der Waals surface area contributed by atoms with Gasteiger partial charge >= 0.3 is 0 Å². The molecule has 0 aliphatic carbocycles. The molecule has 2 heterocycles. The second-order valence-electron chi connectivity index (χ2n) is 7.23. The zero-order valence-electron chi connectivity index (χ0n) is 17.6. The average Bonchev–Trinajstić information content (AvgIpc) is 3.28. The summed E-state index contributed by atoms with van der Waals surface area (Å²) in [5.41, 5.74) is 0.914. The van der Waals surface area contributed by atoms with Crippen LogP contribution in [0.4, 0.5) is 0 Å². The van der Waals surface area contributed by atoms with Crippen LogP contribution in [0.5, 0.6) is 5.75 Å². The van der Waals surface area contributed by atoms with E-state index in [2.05, 4.69) is 15.0 Å². The van der Waals surface area contributed by atoms with Crippen molar-refractivity contribution in [2.75, 3.05) is 32.8 Å². The summed E-state index contributed by atoms with van der Waals surface area (Å²) in [6.07, 6.45) is 0. The minimum Gasteiger partial charge on any atom is -0.493 e. The molecule has 1 fully saturated rings. The van der Waals surface area contributed by atoms with Gasteiger partial charge in [-0.15, -0.1) is 0 Å². The number of hydrogen-bond donors (Lipinski definition) is 0. The van der Waals surface area contributed by atoms with Crippen molar-refractivity contribution < 1.29 is 17.7 Å². The molecule has 0 radical (unpaired) electrons. The van der Waals surface area contributed by atoms with E-state index in [0.29, 0.717) is 56.8 Å². The minimum absolute atomic E-state index is 0.0467. The molecule has 1 aliphatic rings. The molecule has 1 saturated heterocycles. The van der Waals surface area contributed by atoms with Crippen molar-refractivity contribution in [3.05, 3.63) is 60.0 Å². The van der Waals surface area contributed by atoms with Gasteiger partial charge in [0.05, 0.1) is 29.2 Å². The number of para-hydroxylation sites is 1. The molecule has 166 valence electrons. The Labute approximate surface area is 186 Å². The Hall–Kier alpha value is -3.26. The summed E-state index contributed by atoms with van der Waals surface area (Å²) in [4.78, 5) is 6.60. The molecule has 3 aromatic rings. The highest BCUT2D eigenvalue weighted by molar-refractivity contribution is 7.89. The van der Waals surface area contributed by atoms with Crippen LogP contribution in [0.15, 0.2) is 57.9 Å². The molecule has 1 aromatic heterocycles. The van der Waals surface area contributed by atoms with E-state index in [1.807, 2.05) is 37.3 Å². The quantitative estimate of drug-likeness (QED) is 0.536. The fraction of sp³-hybridized carbons (Fsp3) is 0.318. The Morgan fingerprint density at radius 2 is 1.81 bits per heavy atom. The molecule has 0 N–H and O–H groups in total. The van der Waals surface area contributed by atoms with Gasteiger partial charge in [0, 0.05) is 26.2 Å². The van der Waals surface area contributed by atoms with E-state index in [9.17, 15) is 13.7 Å². The number of nitriles is 1. The summed E-state index contributed by atoms with van der Waals surface area (Å²) >= 11 is 0. The monoisotopic (exact) mass is 453 g/mol. The topological polar surface area (TPSA) is 113 Å². The smallest absolute Gasteiger partial charge is 0.244 e.